The zero-order valence-electron chi connectivity index (χ0n) is 14.1. The number of halogens is 1. The molecule has 0 spiro atoms. The summed E-state index contributed by atoms with van der Waals surface area (Å²) in [6.45, 7) is 0. The number of aryl methyl sites for hydroxylation is 2. The maximum Gasteiger partial charge on any atom is 0.241 e. The van der Waals surface area contributed by atoms with Crippen molar-refractivity contribution in [2.45, 2.75) is 19.3 Å². The van der Waals surface area contributed by atoms with Crippen LogP contribution in [0.1, 0.15) is 17.5 Å². The van der Waals surface area contributed by atoms with E-state index in [0.717, 1.165) is 0 Å². The monoisotopic (exact) mass is 356 g/mol. The second-order valence-electron chi connectivity index (χ2n) is 5.79. The maximum absolute atomic E-state index is 12.9. The lowest BCUT2D eigenvalue weighted by Gasteiger charge is -2.06. The van der Waals surface area contributed by atoms with Crippen LogP contribution in [0.2, 0.25) is 0 Å². The quantitative estimate of drug-likeness (QED) is 0.238. The van der Waals surface area contributed by atoms with E-state index >= 15 is 0 Å². The number of aromatic amines is 1. The molecule has 0 aliphatic heterocycles. The number of anilines is 2. The van der Waals surface area contributed by atoms with Crippen LogP contribution in [0.3, 0.4) is 0 Å². The van der Waals surface area contributed by atoms with E-state index in [-0.39, 0.29) is 17.6 Å². The topological polar surface area (TPSA) is 144 Å². The minimum absolute atomic E-state index is 0.0698. The Labute approximate surface area is 149 Å². The van der Waals surface area contributed by atoms with Gasteiger partial charge in [-0.2, -0.15) is 14.4 Å². The van der Waals surface area contributed by atoms with Crippen LogP contribution in [0, 0.1) is 0 Å². The van der Waals surface area contributed by atoms with Crippen molar-refractivity contribution in [3.63, 3.8) is 0 Å². The summed E-state index contributed by atoms with van der Waals surface area (Å²) in [7, 11) is 0. The van der Waals surface area contributed by atoms with Crippen LogP contribution in [0.15, 0.2) is 48.3 Å². The number of hydrogen-bond acceptors (Lipinski definition) is 7. The van der Waals surface area contributed by atoms with Crippen molar-refractivity contribution in [1.29, 1.82) is 0 Å². The summed E-state index contributed by atoms with van der Waals surface area (Å²) in [6.07, 6.45) is 5.63. The zero-order valence-corrected chi connectivity index (χ0v) is 14.1. The smallest absolute Gasteiger partial charge is 0.241 e. The van der Waals surface area contributed by atoms with Crippen molar-refractivity contribution in [3.05, 3.63) is 59.4 Å². The second-order valence-corrected chi connectivity index (χ2v) is 5.79. The Morgan fingerprint density at radius 1 is 1.12 bits per heavy atom. The van der Waals surface area contributed by atoms with Crippen molar-refractivity contribution < 1.29 is 4.39 Å². The average Bonchev–Trinajstić information content (AvgIpc) is 3.30. The molecular formula is C17H21FN8. The molecule has 0 saturated carbocycles. The van der Waals surface area contributed by atoms with Crippen molar-refractivity contribution in [2.24, 2.45) is 11.6 Å². The Bertz CT molecular complexity index is 910. The number of nitrogens with one attached hydrogen (secondary N) is 3. The van der Waals surface area contributed by atoms with E-state index in [1.165, 1.54) is 19.3 Å². The first-order valence-corrected chi connectivity index (χ1v) is 8.14. The molecule has 9 heteroatoms. The first-order valence-electron chi connectivity index (χ1n) is 8.14. The normalized spacial score (nSPS) is 13.5. The summed E-state index contributed by atoms with van der Waals surface area (Å²) < 4.78 is 12.9. The van der Waals surface area contributed by atoms with Gasteiger partial charge in [0.2, 0.25) is 11.9 Å². The van der Waals surface area contributed by atoms with E-state index in [2.05, 4.69) is 44.5 Å². The third kappa shape index (κ3) is 3.83. The number of hydrogen-bond donors (Lipinski definition) is 6. The fourth-order valence-electron chi connectivity index (χ4n) is 2.79. The van der Waals surface area contributed by atoms with Crippen molar-refractivity contribution in [3.8, 4) is 0 Å². The first-order chi connectivity index (χ1) is 12.6. The van der Waals surface area contributed by atoms with Gasteiger partial charge in [0, 0.05) is 6.20 Å². The van der Waals surface area contributed by atoms with Gasteiger partial charge in [0.05, 0.1) is 5.39 Å². The zero-order chi connectivity index (χ0) is 18.5. The molecule has 8 nitrogen and oxygen atoms in total. The number of nitrogens with two attached hydrogens (primary N) is 3. The Morgan fingerprint density at radius 3 is 2.46 bits per heavy atom. The van der Waals surface area contributed by atoms with E-state index in [1.807, 2.05) is 0 Å². The molecule has 1 aliphatic rings. The minimum Gasteiger partial charge on any atom is -0.383 e. The Morgan fingerprint density at radius 2 is 1.81 bits per heavy atom. The molecule has 26 heavy (non-hydrogen) atoms. The van der Waals surface area contributed by atoms with Gasteiger partial charge in [-0.3, -0.25) is 5.43 Å². The molecule has 4 rings (SSSR count). The third-order valence-corrected chi connectivity index (χ3v) is 4.07. The van der Waals surface area contributed by atoms with Gasteiger partial charge in [0.15, 0.2) is 5.82 Å². The van der Waals surface area contributed by atoms with Gasteiger partial charge >= 0.3 is 0 Å². The Hall–Kier alpha value is -3.33. The number of fused-ring (bicyclic) bond motifs is 2. The molecule has 9 N–H and O–H groups in total. The summed E-state index contributed by atoms with van der Waals surface area (Å²) >= 11 is 0. The van der Waals surface area contributed by atoms with Crippen LogP contribution in [-0.4, -0.2) is 15.0 Å². The molecular weight excluding hydrogens is 335 g/mol. The van der Waals surface area contributed by atoms with Gasteiger partial charge in [0.1, 0.15) is 11.5 Å². The SMILES string of the molecule is NN/C(F)=C(\N)Nc1nc(N)c2cc[nH]c2n1.c1ccc2c(c1)CCC2. The number of nitrogens with zero attached hydrogens (tertiary/aromatic N) is 2. The Balaban J connectivity index is 0.000000181. The molecule has 1 aliphatic carbocycles. The van der Waals surface area contributed by atoms with Crippen LogP contribution in [0.5, 0.6) is 0 Å². The Kier molecular flexibility index (Phi) is 5.18. The highest BCUT2D eigenvalue weighted by Crippen LogP contribution is 2.20. The van der Waals surface area contributed by atoms with Crippen molar-refractivity contribution >= 4 is 22.8 Å². The second kappa shape index (κ2) is 7.70. The molecule has 0 unspecified atom stereocenters. The van der Waals surface area contributed by atoms with E-state index in [0.29, 0.717) is 11.0 Å². The van der Waals surface area contributed by atoms with Gasteiger partial charge < -0.3 is 21.8 Å². The first kappa shape index (κ1) is 17.5. The predicted molar refractivity (Wildman–Crippen MR) is 100 cm³/mol. The lowest BCUT2D eigenvalue weighted by atomic mass is 10.1. The molecule has 0 saturated heterocycles. The van der Waals surface area contributed by atoms with Crippen molar-refractivity contribution in [2.75, 3.05) is 11.1 Å². The number of nitrogen functional groups attached to an aromatic ring is 1. The van der Waals surface area contributed by atoms with Crippen LogP contribution >= 0.6 is 0 Å². The molecule has 2 aromatic heterocycles. The van der Waals surface area contributed by atoms with Crippen LogP contribution in [-0.2, 0) is 12.8 Å². The predicted octanol–water partition coefficient (Wildman–Crippen LogP) is 1.65. The number of aromatic nitrogens is 3. The summed E-state index contributed by atoms with van der Waals surface area (Å²) in [5, 5.41) is 3.11. The van der Waals surface area contributed by atoms with E-state index in [9.17, 15) is 4.39 Å². The lowest BCUT2D eigenvalue weighted by molar-refractivity contribution is 0.541. The molecule has 3 aromatic rings. The molecule has 0 amide bonds. The van der Waals surface area contributed by atoms with E-state index in [1.54, 1.807) is 28.8 Å². The minimum atomic E-state index is -0.918. The van der Waals surface area contributed by atoms with E-state index < -0.39 is 5.95 Å². The largest absolute Gasteiger partial charge is 0.383 e. The molecule has 0 atom stereocenters. The van der Waals surface area contributed by atoms with Gasteiger partial charge in [-0.15, -0.1) is 0 Å². The molecule has 0 radical (unpaired) electrons. The lowest BCUT2D eigenvalue weighted by Crippen LogP contribution is -2.25. The highest BCUT2D eigenvalue weighted by atomic mass is 19.1. The molecule has 1 aromatic carbocycles. The van der Waals surface area contributed by atoms with Crippen molar-refractivity contribution in [1.82, 2.24) is 20.4 Å². The molecule has 0 bridgehead atoms. The van der Waals surface area contributed by atoms with Crippen LogP contribution in [0.25, 0.3) is 11.0 Å². The molecule has 0 fully saturated rings. The van der Waals surface area contributed by atoms with Crippen LogP contribution in [0.4, 0.5) is 16.2 Å². The fraction of sp³-hybridized carbons (Fsp3) is 0.176. The van der Waals surface area contributed by atoms with Gasteiger partial charge in [-0.1, -0.05) is 24.3 Å². The number of rotatable bonds is 3. The molecule has 2 heterocycles. The molecule has 136 valence electrons. The van der Waals surface area contributed by atoms with Gasteiger partial charge in [-0.25, -0.2) is 5.84 Å². The summed E-state index contributed by atoms with van der Waals surface area (Å²) in [5.74, 6) is 3.93. The van der Waals surface area contributed by atoms with E-state index in [4.69, 9.17) is 17.3 Å². The maximum atomic E-state index is 12.9. The summed E-state index contributed by atoms with van der Waals surface area (Å²) in [6, 6.07) is 10.5. The fourth-order valence-corrected chi connectivity index (χ4v) is 2.79. The summed E-state index contributed by atoms with van der Waals surface area (Å²) in [4.78, 5) is 10.8. The number of hydrazine groups is 1. The van der Waals surface area contributed by atoms with Gasteiger partial charge in [-0.05, 0) is 36.5 Å². The van der Waals surface area contributed by atoms with Gasteiger partial charge in [0.25, 0.3) is 0 Å². The highest BCUT2D eigenvalue weighted by Gasteiger charge is 2.08. The highest BCUT2D eigenvalue weighted by molar-refractivity contribution is 5.86. The third-order valence-electron chi connectivity index (χ3n) is 4.07. The number of H-pyrrole nitrogens is 1. The van der Waals surface area contributed by atoms with Crippen LogP contribution < -0.4 is 28.1 Å². The average molecular weight is 356 g/mol. The standard InChI is InChI=1S/C9H10.C8H11FN8/c1-2-5-9-7-3-6-8(9)4-1;9-4(17-12)6(11)15-8-14-5(10)3-1-2-13-7(3)16-8/h1-2,4-5H,3,6-7H2;1-2,17H,11-12H2,(H4,10,13,14,15,16)/b;6-4+. The summed E-state index contributed by atoms with van der Waals surface area (Å²) in [5.41, 5.74) is 16.5. The number of benzene rings is 1.